The first-order chi connectivity index (χ1) is 20.7. The van der Waals surface area contributed by atoms with Gasteiger partial charge in [-0.25, -0.2) is 4.79 Å². The van der Waals surface area contributed by atoms with E-state index in [2.05, 4.69) is 14.9 Å². The number of rotatable bonds is 4. The van der Waals surface area contributed by atoms with Crippen molar-refractivity contribution in [1.82, 2.24) is 24.0 Å². The molecule has 0 aliphatic carbocycles. The fourth-order valence-electron chi connectivity index (χ4n) is 6.12. The third kappa shape index (κ3) is 4.62. The molecule has 7 nitrogen and oxygen atoms in total. The van der Waals surface area contributed by atoms with Crippen LogP contribution in [-0.2, 0) is 13.2 Å². The molecule has 3 aromatic heterocycles. The van der Waals surface area contributed by atoms with Crippen LogP contribution in [0.4, 0.5) is 18.9 Å². The lowest BCUT2D eigenvalue weighted by atomic mass is 10.0. The Morgan fingerprint density at radius 2 is 1.60 bits per heavy atom. The number of para-hydroxylation sites is 1. The average molecular weight is 583 g/mol. The number of benzene rings is 3. The van der Waals surface area contributed by atoms with Gasteiger partial charge in [-0.2, -0.15) is 13.2 Å². The first-order valence-corrected chi connectivity index (χ1v) is 14.3. The number of aryl methyl sites for hydroxylation is 1. The second-order valence-electron chi connectivity index (χ2n) is 10.9. The Morgan fingerprint density at radius 3 is 2.37 bits per heavy atom. The van der Waals surface area contributed by atoms with Gasteiger partial charge in [-0.3, -0.25) is 19.1 Å². The summed E-state index contributed by atoms with van der Waals surface area (Å²) in [6, 6.07) is 19.8. The van der Waals surface area contributed by atoms with Crippen LogP contribution in [0.5, 0.6) is 0 Å². The van der Waals surface area contributed by atoms with Crippen LogP contribution in [0, 0.1) is 0 Å². The number of nitrogens with zero attached hydrogens (tertiary/aromatic N) is 6. The van der Waals surface area contributed by atoms with Crippen molar-refractivity contribution in [2.75, 3.05) is 37.6 Å². The molecule has 0 radical (unpaired) electrons. The lowest BCUT2D eigenvalue weighted by Crippen LogP contribution is -2.46. The first-order valence-electron chi connectivity index (χ1n) is 14.3. The molecule has 1 saturated heterocycles. The molecule has 43 heavy (non-hydrogen) atoms. The van der Waals surface area contributed by atoms with Gasteiger partial charge in [0, 0.05) is 61.4 Å². The predicted octanol–water partition coefficient (Wildman–Crippen LogP) is 6.25. The molecule has 0 saturated carbocycles. The number of aromatic nitrogens is 4. The second kappa shape index (κ2) is 10.2. The number of hydrogen-bond acceptors (Lipinski definition) is 5. The van der Waals surface area contributed by atoms with Gasteiger partial charge in [0.1, 0.15) is 0 Å². The van der Waals surface area contributed by atoms with E-state index in [-0.39, 0.29) is 11.4 Å². The zero-order valence-corrected chi connectivity index (χ0v) is 23.8. The van der Waals surface area contributed by atoms with Crippen molar-refractivity contribution in [2.45, 2.75) is 13.1 Å². The van der Waals surface area contributed by atoms with Crippen LogP contribution in [0.15, 0.2) is 83.9 Å². The van der Waals surface area contributed by atoms with Crippen LogP contribution in [-0.4, -0.2) is 56.7 Å². The Labute approximate surface area is 245 Å². The molecule has 1 fully saturated rings. The number of anilines is 1. The number of alkyl halides is 3. The van der Waals surface area contributed by atoms with Crippen LogP contribution in [0.1, 0.15) is 12.5 Å². The number of fused-ring (bicyclic) bond motifs is 4. The van der Waals surface area contributed by atoms with Crippen LogP contribution >= 0.6 is 0 Å². The van der Waals surface area contributed by atoms with E-state index in [1.165, 1.54) is 15.2 Å². The monoisotopic (exact) mass is 582 g/mol. The highest BCUT2D eigenvalue weighted by molar-refractivity contribution is 6.05. The average Bonchev–Trinajstić information content (AvgIpc) is 3.29. The highest BCUT2D eigenvalue weighted by Gasteiger charge is 2.36. The standard InChI is InChI=1S/C33H29F3N6O/c1-3-40-12-14-41(15-13-40)29-11-9-24(18-26(29)33(34,35)36)42-31-25-17-21(23-16-22-6-4-5-7-27(22)37-19-23)8-10-28(25)38-20-30(31)39(2)32(42)43/h4-11,16-20H,3,12-15H2,1-2H3. The molecular weight excluding hydrogens is 553 g/mol. The molecule has 0 atom stereocenters. The molecule has 0 unspecified atom stereocenters. The number of hydrogen-bond donors (Lipinski definition) is 0. The van der Waals surface area contributed by atoms with Gasteiger partial charge < -0.3 is 9.80 Å². The Balaban J connectivity index is 1.41. The summed E-state index contributed by atoms with van der Waals surface area (Å²) in [4.78, 5) is 26.8. The highest BCUT2D eigenvalue weighted by Crippen LogP contribution is 2.39. The van der Waals surface area contributed by atoms with Crippen molar-refractivity contribution in [3.63, 3.8) is 0 Å². The van der Waals surface area contributed by atoms with E-state index in [0.29, 0.717) is 48.1 Å². The van der Waals surface area contributed by atoms with Gasteiger partial charge in [0.25, 0.3) is 0 Å². The quantitative estimate of drug-likeness (QED) is 0.246. The van der Waals surface area contributed by atoms with Gasteiger partial charge in [-0.1, -0.05) is 31.2 Å². The van der Waals surface area contributed by atoms with E-state index in [1.54, 1.807) is 30.4 Å². The van der Waals surface area contributed by atoms with E-state index < -0.39 is 17.4 Å². The first kappa shape index (κ1) is 27.2. The van der Waals surface area contributed by atoms with Crippen LogP contribution < -0.4 is 10.6 Å². The SMILES string of the molecule is CCN1CCN(c2ccc(-n3c(=O)n(C)c4cnc5ccc(-c6cnc7ccccc7c6)cc5c43)cc2C(F)(F)F)CC1. The molecule has 7 rings (SSSR count). The van der Waals surface area contributed by atoms with Crippen molar-refractivity contribution in [1.29, 1.82) is 0 Å². The number of imidazole rings is 1. The van der Waals surface area contributed by atoms with Crippen LogP contribution in [0.2, 0.25) is 0 Å². The molecule has 10 heteroatoms. The number of halogens is 3. The molecule has 6 aromatic rings. The summed E-state index contributed by atoms with van der Waals surface area (Å²) >= 11 is 0. The fourth-order valence-corrected chi connectivity index (χ4v) is 6.12. The zero-order chi connectivity index (χ0) is 29.9. The molecule has 0 bridgehead atoms. The zero-order valence-electron chi connectivity index (χ0n) is 23.8. The van der Waals surface area contributed by atoms with Gasteiger partial charge >= 0.3 is 11.9 Å². The topological polar surface area (TPSA) is 59.2 Å². The van der Waals surface area contributed by atoms with Gasteiger partial charge in [-0.15, -0.1) is 0 Å². The minimum Gasteiger partial charge on any atom is -0.368 e. The van der Waals surface area contributed by atoms with Gasteiger partial charge in [-0.05, 0) is 54.6 Å². The van der Waals surface area contributed by atoms with Crippen LogP contribution in [0.25, 0.3) is 49.7 Å². The maximum absolute atomic E-state index is 14.5. The Hall–Kier alpha value is -4.70. The third-order valence-electron chi connectivity index (χ3n) is 8.51. The summed E-state index contributed by atoms with van der Waals surface area (Å²) in [5, 5.41) is 1.65. The van der Waals surface area contributed by atoms with Crippen molar-refractivity contribution in [3.05, 3.63) is 95.2 Å². The largest absolute Gasteiger partial charge is 0.418 e. The van der Waals surface area contributed by atoms with Gasteiger partial charge in [0.05, 0.1) is 39.5 Å². The van der Waals surface area contributed by atoms with E-state index in [9.17, 15) is 18.0 Å². The lowest BCUT2D eigenvalue weighted by Gasteiger charge is -2.36. The summed E-state index contributed by atoms with van der Waals surface area (Å²) in [5.74, 6) is 0. The van der Waals surface area contributed by atoms with Crippen molar-refractivity contribution < 1.29 is 13.2 Å². The number of likely N-dealkylation sites (N-methyl/N-ethyl adjacent to an activating group) is 1. The molecule has 1 aliphatic rings. The summed E-state index contributed by atoms with van der Waals surface area (Å²) in [5.41, 5.74) is 3.39. The summed E-state index contributed by atoms with van der Waals surface area (Å²) in [6.07, 6.45) is -1.20. The molecule has 0 amide bonds. The fraction of sp³-hybridized carbons (Fsp3) is 0.242. The normalized spacial score (nSPS) is 14.8. The van der Waals surface area contributed by atoms with Gasteiger partial charge in [0.15, 0.2) is 0 Å². The van der Waals surface area contributed by atoms with Gasteiger partial charge in [0.2, 0.25) is 0 Å². The van der Waals surface area contributed by atoms with E-state index in [0.717, 1.165) is 34.6 Å². The molecular formula is C33H29F3N6O. The predicted molar refractivity (Wildman–Crippen MR) is 164 cm³/mol. The Morgan fingerprint density at radius 1 is 0.837 bits per heavy atom. The lowest BCUT2D eigenvalue weighted by molar-refractivity contribution is -0.137. The van der Waals surface area contributed by atoms with E-state index in [4.69, 9.17) is 0 Å². The van der Waals surface area contributed by atoms with E-state index in [1.807, 2.05) is 55.5 Å². The van der Waals surface area contributed by atoms with Crippen molar-refractivity contribution >= 4 is 38.5 Å². The minimum atomic E-state index is -4.60. The van der Waals surface area contributed by atoms with Crippen LogP contribution in [0.3, 0.4) is 0 Å². The second-order valence-corrected chi connectivity index (χ2v) is 10.9. The third-order valence-corrected chi connectivity index (χ3v) is 8.51. The Kier molecular flexibility index (Phi) is 6.46. The summed E-state index contributed by atoms with van der Waals surface area (Å²) < 4.78 is 46.4. The maximum atomic E-state index is 14.5. The molecule has 218 valence electrons. The number of piperazine rings is 1. The van der Waals surface area contributed by atoms with Crippen molar-refractivity contribution in [3.8, 4) is 16.8 Å². The van der Waals surface area contributed by atoms with E-state index >= 15 is 0 Å². The number of pyridine rings is 2. The smallest absolute Gasteiger partial charge is 0.368 e. The highest BCUT2D eigenvalue weighted by atomic mass is 19.4. The van der Waals surface area contributed by atoms with Crippen molar-refractivity contribution in [2.24, 2.45) is 7.05 Å². The Bertz CT molecular complexity index is 2070. The molecule has 4 heterocycles. The molecule has 3 aromatic carbocycles. The molecule has 1 aliphatic heterocycles. The summed E-state index contributed by atoms with van der Waals surface area (Å²) in [6.45, 7) is 5.33. The summed E-state index contributed by atoms with van der Waals surface area (Å²) in [7, 11) is 1.61. The molecule has 0 N–H and O–H groups in total. The minimum absolute atomic E-state index is 0.137. The molecule has 0 spiro atoms. The maximum Gasteiger partial charge on any atom is 0.418 e.